The van der Waals surface area contributed by atoms with Gasteiger partial charge in [0.1, 0.15) is 0 Å². The van der Waals surface area contributed by atoms with Crippen molar-refractivity contribution in [3.8, 4) is 0 Å². The molecular weight excluding hydrogens is 329 g/mol. The summed E-state index contributed by atoms with van der Waals surface area (Å²) in [7, 11) is -1.22. The summed E-state index contributed by atoms with van der Waals surface area (Å²) in [5.41, 5.74) is 0. The lowest BCUT2D eigenvalue weighted by Gasteiger charge is -2.23. The van der Waals surface area contributed by atoms with Crippen LogP contribution in [0, 0.1) is 5.92 Å². The molecule has 0 amide bonds. The van der Waals surface area contributed by atoms with E-state index in [4.69, 9.17) is 27.9 Å². The van der Waals surface area contributed by atoms with Crippen molar-refractivity contribution in [3.05, 3.63) is 28.2 Å². The first kappa shape index (κ1) is 17.2. The van der Waals surface area contributed by atoms with E-state index in [1.807, 2.05) is 0 Å². The van der Waals surface area contributed by atoms with Gasteiger partial charge in [0.05, 0.1) is 32.3 Å². The molecule has 1 fully saturated rings. The van der Waals surface area contributed by atoms with E-state index in [-0.39, 0.29) is 6.04 Å². The summed E-state index contributed by atoms with van der Waals surface area (Å²) in [6.07, 6.45) is 2.05. The van der Waals surface area contributed by atoms with Crippen LogP contribution in [0.2, 0.25) is 10.0 Å². The van der Waals surface area contributed by atoms with Gasteiger partial charge in [0.15, 0.2) is 0 Å². The second-order valence-corrected chi connectivity index (χ2v) is 7.49. The zero-order valence-electron chi connectivity index (χ0n) is 12.1. The van der Waals surface area contributed by atoms with Crippen LogP contribution in [0.3, 0.4) is 0 Å². The monoisotopic (exact) mass is 349 g/mol. The van der Waals surface area contributed by atoms with Gasteiger partial charge in [-0.05, 0) is 31.5 Å². The van der Waals surface area contributed by atoms with Gasteiger partial charge in [-0.3, -0.25) is 4.21 Å². The summed E-state index contributed by atoms with van der Waals surface area (Å²) in [4.78, 5) is 0.544. The largest absolute Gasteiger partial charge is 0.381 e. The third-order valence-corrected chi connectivity index (χ3v) is 6.08. The summed E-state index contributed by atoms with van der Waals surface area (Å²) < 4.78 is 18.1. The van der Waals surface area contributed by atoms with Gasteiger partial charge < -0.3 is 10.1 Å². The molecule has 0 aromatic heterocycles. The van der Waals surface area contributed by atoms with E-state index < -0.39 is 10.8 Å². The van der Waals surface area contributed by atoms with Gasteiger partial charge in [-0.15, -0.1) is 0 Å². The zero-order chi connectivity index (χ0) is 15.2. The lowest BCUT2D eigenvalue weighted by atomic mass is 10.0. The minimum atomic E-state index is -1.22. The number of ether oxygens (including phenoxy) is 1. The molecule has 21 heavy (non-hydrogen) atoms. The number of benzene rings is 1. The molecule has 0 bridgehead atoms. The van der Waals surface area contributed by atoms with Crippen LogP contribution in [-0.2, 0) is 15.5 Å². The van der Waals surface area contributed by atoms with Crippen LogP contribution in [-0.4, -0.2) is 35.8 Å². The van der Waals surface area contributed by atoms with Crippen molar-refractivity contribution in [2.45, 2.75) is 30.7 Å². The van der Waals surface area contributed by atoms with Crippen molar-refractivity contribution < 1.29 is 8.95 Å². The molecule has 118 valence electrons. The first-order valence-electron chi connectivity index (χ1n) is 7.27. The maximum absolute atomic E-state index is 12.7. The molecule has 0 aliphatic carbocycles. The fourth-order valence-electron chi connectivity index (χ4n) is 2.51. The number of nitrogens with one attached hydrogen (secondary N) is 1. The Kier molecular flexibility index (Phi) is 6.96. The number of rotatable bonds is 7. The number of hydrogen-bond acceptors (Lipinski definition) is 3. The Morgan fingerprint density at radius 1 is 1.43 bits per heavy atom. The van der Waals surface area contributed by atoms with Crippen LogP contribution in [0.4, 0.5) is 0 Å². The highest BCUT2D eigenvalue weighted by Gasteiger charge is 2.28. The summed E-state index contributed by atoms with van der Waals surface area (Å²) in [6, 6.07) is 5.39. The minimum absolute atomic E-state index is 0.167. The number of hydrogen-bond donors (Lipinski definition) is 1. The molecule has 1 N–H and O–H groups in total. The maximum Gasteiger partial charge on any atom is 0.0760 e. The quantitative estimate of drug-likeness (QED) is 0.818. The van der Waals surface area contributed by atoms with Crippen LogP contribution >= 0.6 is 23.2 Å². The van der Waals surface area contributed by atoms with Gasteiger partial charge in [-0.1, -0.05) is 36.2 Å². The Bertz CT molecular complexity index is 472. The Balaban J connectivity index is 2.09. The fourth-order valence-corrected chi connectivity index (χ4v) is 4.88. The van der Waals surface area contributed by atoms with E-state index >= 15 is 0 Å². The topological polar surface area (TPSA) is 38.3 Å². The summed E-state index contributed by atoms with van der Waals surface area (Å²) in [5, 5.41) is 4.43. The number of halogens is 2. The van der Waals surface area contributed by atoms with Crippen molar-refractivity contribution >= 4 is 34.0 Å². The molecule has 1 aromatic carbocycles. The molecule has 1 heterocycles. The van der Waals surface area contributed by atoms with Gasteiger partial charge in [0, 0.05) is 24.3 Å². The predicted molar refractivity (Wildman–Crippen MR) is 88.7 cm³/mol. The van der Waals surface area contributed by atoms with Gasteiger partial charge >= 0.3 is 0 Å². The smallest absolute Gasteiger partial charge is 0.0760 e. The minimum Gasteiger partial charge on any atom is -0.381 e. The fraction of sp³-hybridized carbons (Fsp3) is 0.600. The first-order valence-corrected chi connectivity index (χ1v) is 9.34. The third-order valence-electron chi connectivity index (χ3n) is 3.67. The van der Waals surface area contributed by atoms with Gasteiger partial charge in [-0.2, -0.15) is 0 Å². The van der Waals surface area contributed by atoms with Crippen LogP contribution < -0.4 is 5.32 Å². The SMILES string of the molecule is CCCNC(CS(=O)c1c(Cl)cccc1Cl)C1CCOC1. The Morgan fingerprint density at radius 3 is 2.71 bits per heavy atom. The van der Waals surface area contributed by atoms with E-state index in [0.29, 0.717) is 26.6 Å². The predicted octanol–water partition coefficient (Wildman–Crippen LogP) is 3.51. The molecule has 0 spiro atoms. The third kappa shape index (κ3) is 4.67. The lowest BCUT2D eigenvalue weighted by molar-refractivity contribution is 0.179. The molecule has 1 aliphatic heterocycles. The summed E-state index contributed by atoms with van der Waals surface area (Å²) >= 11 is 12.3. The van der Waals surface area contributed by atoms with Gasteiger partial charge in [-0.25, -0.2) is 0 Å². The average Bonchev–Trinajstić information content (AvgIpc) is 2.97. The Hall–Kier alpha value is -0.130. The molecule has 1 saturated heterocycles. The van der Waals surface area contributed by atoms with E-state index in [9.17, 15) is 4.21 Å². The Morgan fingerprint density at radius 2 is 2.14 bits per heavy atom. The van der Waals surface area contributed by atoms with E-state index in [1.54, 1.807) is 18.2 Å². The normalized spacial score (nSPS) is 21.4. The maximum atomic E-state index is 12.7. The highest BCUT2D eigenvalue weighted by molar-refractivity contribution is 7.85. The van der Waals surface area contributed by atoms with Crippen molar-refractivity contribution in [1.29, 1.82) is 0 Å². The molecule has 1 aliphatic rings. The second-order valence-electron chi connectivity index (χ2n) is 5.25. The molecule has 3 nitrogen and oxygen atoms in total. The summed E-state index contributed by atoms with van der Waals surface area (Å²) in [6.45, 7) is 4.55. The standard InChI is InChI=1S/C15H21Cl2NO2S/c1-2-7-18-14(11-6-8-20-9-11)10-21(19)15-12(16)4-3-5-13(15)17/h3-5,11,14,18H,2,6-10H2,1H3. The molecular formula is C15H21Cl2NO2S. The van der Waals surface area contributed by atoms with Crippen molar-refractivity contribution in [1.82, 2.24) is 5.32 Å². The highest BCUT2D eigenvalue weighted by Crippen LogP contribution is 2.29. The second kappa shape index (κ2) is 8.49. The molecule has 2 rings (SSSR count). The van der Waals surface area contributed by atoms with E-state index in [0.717, 1.165) is 32.6 Å². The van der Waals surface area contributed by atoms with Gasteiger partial charge in [0.2, 0.25) is 0 Å². The van der Waals surface area contributed by atoms with Crippen LogP contribution in [0.5, 0.6) is 0 Å². The molecule has 3 unspecified atom stereocenters. The van der Waals surface area contributed by atoms with E-state index in [2.05, 4.69) is 12.2 Å². The van der Waals surface area contributed by atoms with Crippen LogP contribution in [0.25, 0.3) is 0 Å². The lowest BCUT2D eigenvalue weighted by Crippen LogP contribution is -2.41. The first-order chi connectivity index (χ1) is 10.1. The zero-order valence-corrected chi connectivity index (χ0v) is 14.4. The highest BCUT2D eigenvalue weighted by atomic mass is 35.5. The molecule has 3 atom stereocenters. The van der Waals surface area contributed by atoms with Crippen LogP contribution in [0.15, 0.2) is 23.1 Å². The molecule has 0 saturated carbocycles. The van der Waals surface area contributed by atoms with Crippen molar-refractivity contribution in [3.63, 3.8) is 0 Å². The van der Waals surface area contributed by atoms with E-state index in [1.165, 1.54) is 0 Å². The van der Waals surface area contributed by atoms with Gasteiger partial charge in [0.25, 0.3) is 0 Å². The van der Waals surface area contributed by atoms with Crippen molar-refractivity contribution in [2.75, 3.05) is 25.5 Å². The molecule has 6 heteroatoms. The average molecular weight is 350 g/mol. The molecule has 0 radical (unpaired) electrons. The molecule has 1 aromatic rings. The summed E-state index contributed by atoms with van der Waals surface area (Å²) in [5.74, 6) is 0.916. The van der Waals surface area contributed by atoms with Crippen molar-refractivity contribution in [2.24, 2.45) is 5.92 Å². The van der Waals surface area contributed by atoms with Crippen LogP contribution in [0.1, 0.15) is 19.8 Å². The Labute approximate surface area is 138 Å².